The molecule has 0 bridgehead atoms. The van der Waals surface area contributed by atoms with Crippen molar-refractivity contribution in [2.24, 2.45) is 0 Å². The van der Waals surface area contributed by atoms with E-state index < -0.39 is 0 Å². The molecule has 0 aromatic heterocycles. The molecule has 0 spiro atoms. The van der Waals surface area contributed by atoms with E-state index in [1.807, 2.05) is 43.3 Å². The highest BCUT2D eigenvalue weighted by molar-refractivity contribution is 5.77. The van der Waals surface area contributed by atoms with Gasteiger partial charge in [0.1, 0.15) is 25.4 Å². The molecule has 2 aromatic carbocycles. The van der Waals surface area contributed by atoms with Crippen LogP contribution in [0.15, 0.2) is 36.4 Å². The summed E-state index contributed by atoms with van der Waals surface area (Å²) in [7, 11) is 1.57. The second kappa shape index (κ2) is 10.1. The van der Waals surface area contributed by atoms with Crippen LogP contribution in [0.5, 0.6) is 17.2 Å². The molecule has 0 aliphatic rings. The van der Waals surface area contributed by atoms with Gasteiger partial charge in [-0.05, 0) is 54.8 Å². The van der Waals surface area contributed by atoms with Crippen molar-refractivity contribution in [3.05, 3.63) is 53.1 Å². The smallest absolute Gasteiger partial charge is 0.234 e. The van der Waals surface area contributed by atoms with Crippen LogP contribution in [0.2, 0.25) is 0 Å². The van der Waals surface area contributed by atoms with Crippen LogP contribution in [0.4, 0.5) is 0 Å². The molecular weight excluding hydrogens is 344 g/mol. The van der Waals surface area contributed by atoms with Crippen molar-refractivity contribution in [2.45, 2.75) is 26.8 Å². The van der Waals surface area contributed by atoms with Gasteiger partial charge in [-0.1, -0.05) is 12.1 Å². The molecule has 0 atom stereocenters. The van der Waals surface area contributed by atoms with Gasteiger partial charge in [-0.25, -0.2) is 0 Å². The first kappa shape index (κ1) is 20.1. The number of carbonyl (C=O) groups is 1. The molecule has 0 saturated carbocycles. The van der Waals surface area contributed by atoms with Gasteiger partial charge >= 0.3 is 0 Å². The van der Waals surface area contributed by atoms with E-state index in [2.05, 4.69) is 12.2 Å². The average Bonchev–Trinajstić information content (AvgIpc) is 2.66. The summed E-state index contributed by atoms with van der Waals surface area (Å²) < 4.78 is 16.8. The number of nitrogens with zero attached hydrogens (tertiary/aromatic N) is 1. The highest BCUT2D eigenvalue weighted by atomic mass is 16.5. The van der Waals surface area contributed by atoms with Crippen LogP contribution in [0.3, 0.4) is 0 Å². The molecule has 27 heavy (non-hydrogen) atoms. The summed E-state index contributed by atoms with van der Waals surface area (Å²) in [5, 5.41) is 11.2. The van der Waals surface area contributed by atoms with E-state index in [4.69, 9.17) is 19.5 Å². The molecule has 1 amide bonds. The maximum Gasteiger partial charge on any atom is 0.234 e. The van der Waals surface area contributed by atoms with Crippen molar-refractivity contribution < 1.29 is 19.0 Å². The molecule has 142 valence electrons. The minimum absolute atomic E-state index is 0.157. The number of nitrogens with one attached hydrogen (secondary N) is 1. The average molecular weight is 368 g/mol. The Balaban J connectivity index is 1.89. The Morgan fingerprint density at radius 1 is 1.04 bits per heavy atom. The Morgan fingerprint density at radius 3 is 2.52 bits per heavy atom. The maximum absolute atomic E-state index is 11.4. The van der Waals surface area contributed by atoms with Crippen LogP contribution in [0.25, 0.3) is 0 Å². The van der Waals surface area contributed by atoms with Gasteiger partial charge in [-0.3, -0.25) is 4.79 Å². The van der Waals surface area contributed by atoms with Crippen LogP contribution in [0.1, 0.15) is 23.1 Å². The highest BCUT2D eigenvalue weighted by Crippen LogP contribution is 2.28. The Morgan fingerprint density at radius 2 is 1.81 bits per heavy atom. The zero-order valence-corrected chi connectivity index (χ0v) is 15.9. The highest BCUT2D eigenvalue weighted by Gasteiger charge is 2.08. The van der Waals surface area contributed by atoms with Crippen molar-refractivity contribution in [1.82, 2.24) is 5.32 Å². The first-order valence-corrected chi connectivity index (χ1v) is 8.67. The zero-order valence-electron chi connectivity index (χ0n) is 15.9. The number of rotatable bonds is 9. The Hall–Kier alpha value is -3.20. The summed E-state index contributed by atoms with van der Waals surface area (Å²) in [5.74, 6) is 1.68. The van der Waals surface area contributed by atoms with Gasteiger partial charge < -0.3 is 19.5 Å². The van der Waals surface area contributed by atoms with Gasteiger partial charge in [-0.2, -0.15) is 5.26 Å². The number of nitriles is 1. The van der Waals surface area contributed by atoms with E-state index in [1.54, 1.807) is 13.2 Å². The van der Waals surface area contributed by atoms with Gasteiger partial charge in [-0.15, -0.1) is 0 Å². The first-order valence-electron chi connectivity index (χ1n) is 8.67. The minimum Gasteiger partial charge on any atom is -0.493 e. The topological polar surface area (TPSA) is 80.6 Å². The van der Waals surface area contributed by atoms with Gasteiger partial charge in [0.05, 0.1) is 13.2 Å². The normalized spacial score (nSPS) is 10.0. The van der Waals surface area contributed by atoms with Gasteiger partial charge in [0.2, 0.25) is 5.91 Å². The summed E-state index contributed by atoms with van der Waals surface area (Å²) in [4.78, 5) is 11.4. The largest absolute Gasteiger partial charge is 0.493 e. The van der Waals surface area contributed by atoms with Crippen LogP contribution in [0, 0.1) is 25.2 Å². The molecule has 0 fully saturated rings. The standard InChI is InChI=1S/C21H24N2O4/c1-15-4-6-18(12-16(15)2)26-10-11-27-20-13-17(5-7-19(20)25-3)14-23-21(24)8-9-22/h4-7,12-13H,8,10-11,14H2,1-3H3,(H,23,24). The van der Waals surface area contributed by atoms with Gasteiger partial charge in [0, 0.05) is 6.54 Å². The third-order valence-electron chi connectivity index (χ3n) is 4.05. The first-order chi connectivity index (χ1) is 13.0. The van der Waals surface area contributed by atoms with E-state index >= 15 is 0 Å². The lowest BCUT2D eigenvalue weighted by Gasteiger charge is -2.13. The third kappa shape index (κ3) is 6.23. The fraction of sp³-hybridized carbons (Fsp3) is 0.333. The lowest BCUT2D eigenvalue weighted by molar-refractivity contribution is -0.120. The molecule has 0 unspecified atom stereocenters. The van der Waals surface area contributed by atoms with Gasteiger partial charge in [0.15, 0.2) is 11.5 Å². The number of ether oxygens (including phenoxy) is 3. The quantitative estimate of drug-likeness (QED) is 0.687. The molecule has 0 saturated heterocycles. The third-order valence-corrected chi connectivity index (χ3v) is 4.05. The SMILES string of the molecule is COc1ccc(CNC(=O)CC#N)cc1OCCOc1ccc(C)c(C)c1. The van der Waals surface area contributed by atoms with Crippen molar-refractivity contribution >= 4 is 5.91 Å². The number of hydrogen-bond acceptors (Lipinski definition) is 5. The molecule has 2 aromatic rings. The van der Waals surface area contributed by atoms with Crippen LogP contribution < -0.4 is 19.5 Å². The van der Waals surface area contributed by atoms with Crippen molar-refractivity contribution in [3.8, 4) is 23.3 Å². The molecule has 0 heterocycles. The molecule has 0 aliphatic heterocycles. The zero-order chi connectivity index (χ0) is 19.6. The summed E-state index contributed by atoms with van der Waals surface area (Å²) >= 11 is 0. The predicted molar refractivity (Wildman–Crippen MR) is 102 cm³/mol. The molecule has 0 aliphatic carbocycles. The Bertz CT molecular complexity index is 827. The number of amides is 1. The minimum atomic E-state index is -0.308. The van der Waals surface area contributed by atoms with Gasteiger partial charge in [0.25, 0.3) is 0 Å². The molecule has 6 heteroatoms. The van der Waals surface area contributed by atoms with Crippen molar-refractivity contribution in [1.29, 1.82) is 5.26 Å². The molecule has 0 radical (unpaired) electrons. The maximum atomic E-state index is 11.4. The summed E-state index contributed by atoms with van der Waals surface area (Å²) in [6.07, 6.45) is -0.157. The van der Waals surface area contributed by atoms with E-state index in [-0.39, 0.29) is 12.3 Å². The van der Waals surface area contributed by atoms with E-state index in [9.17, 15) is 4.79 Å². The summed E-state index contributed by atoms with van der Waals surface area (Å²) in [5.41, 5.74) is 3.26. The van der Waals surface area contributed by atoms with Crippen molar-refractivity contribution in [2.75, 3.05) is 20.3 Å². The Labute approximate surface area is 159 Å². The summed E-state index contributed by atoms with van der Waals surface area (Å²) in [6, 6.07) is 13.2. The van der Waals surface area contributed by atoms with Crippen molar-refractivity contribution in [3.63, 3.8) is 0 Å². The van der Waals surface area contributed by atoms with Crippen LogP contribution in [-0.2, 0) is 11.3 Å². The fourth-order valence-corrected chi connectivity index (χ4v) is 2.39. The number of methoxy groups -OCH3 is 1. The number of hydrogen-bond donors (Lipinski definition) is 1. The van der Waals surface area contributed by atoms with E-state index in [1.165, 1.54) is 11.1 Å². The number of carbonyl (C=O) groups excluding carboxylic acids is 1. The molecule has 6 nitrogen and oxygen atoms in total. The lowest BCUT2D eigenvalue weighted by atomic mass is 10.1. The predicted octanol–water partition coefficient (Wildman–Crippen LogP) is 3.30. The van der Waals surface area contributed by atoms with E-state index in [0.717, 1.165) is 11.3 Å². The second-order valence-electron chi connectivity index (χ2n) is 6.04. The second-order valence-corrected chi connectivity index (χ2v) is 6.04. The fourth-order valence-electron chi connectivity index (χ4n) is 2.39. The molecule has 1 N–H and O–H groups in total. The Kier molecular flexibility index (Phi) is 7.50. The molecule has 2 rings (SSSR count). The molecular formula is C21H24N2O4. The summed E-state index contributed by atoms with van der Waals surface area (Å²) in [6.45, 7) is 5.18. The number of aryl methyl sites for hydroxylation is 2. The lowest BCUT2D eigenvalue weighted by Crippen LogP contribution is -2.21. The van der Waals surface area contributed by atoms with E-state index in [0.29, 0.717) is 31.3 Å². The van der Waals surface area contributed by atoms with Crippen LogP contribution in [-0.4, -0.2) is 26.2 Å². The monoisotopic (exact) mass is 368 g/mol. The number of benzene rings is 2. The van der Waals surface area contributed by atoms with Crippen LogP contribution >= 0.6 is 0 Å².